The van der Waals surface area contributed by atoms with E-state index in [4.69, 9.17) is 10.2 Å². The molecule has 0 bridgehead atoms. The predicted molar refractivity (Wildman–Crippen MR) is 129 cm³/mol. The fourth-order valence-corrected chi connectivity index (χ4v) is 5.85. The number of nitrogens with zero attached hydrogens (tertiary/aromatic N) is 5. The van der Waals surface area contributed by atoms with Crippen LogP contribution in [0.3, 0.4) is 0 Å². The van der Waals surface area contributed by atoms with Gasteiger partial charge in [-0.1, -0.05) is 26.0 Å². The van der Waals surface area contributed by atoms with Crippen molar-refractivity contribution in [1.82, 2.24) is 14.8 Å². The third-order valence-corrected chi connectivity index (χ3v) is 7.82. The number of aryl methyl sites for hydroxylation is 1. The van der Waals surface area contributed by atoms with Crippen molar-refractivity contribution in [3.8, 4) is 6.07 Å². The molecule has 3 aliphatic rings. The van der Waals surface area contributed by atoms with Crippen molar-refractivity contribution in [2.24, 2.45) is 5.41 Å². The van der Waals surface area contributed by atoms with E-state index in [-0.39, 0.29) is 16.9 Å². The first-order valence-corrected chi connectivity index (χ1v) is 12.0. The SMILES string of the molecule is Cc1ccc2c(n1)C(C)(C)CN2C(=O)N1CCC2(CCN(Cc3cccc(C#N)c3)CC2)C1. The van der Waals surface area contributed by atoms with E-state index in [1.807, 2.05) is 36.1 Å². The second kappa shape index (κ2) is 8.14. The second-order valence-corrected chi connectivity index (χ2v) is 10.8. The molecular formula is C27H33N5O. The number of amides is 2. The van der Waals surface area contributed by atoms with Crippen molar-refractivity contribution < 1.29 is 4.79 Å². The van der Waals surface area contributed by atoms with Crippen molar-refractivity contribution in [2.45, 2.75) is 52.0 Å². The quantitative estimate of drug-likeness (QED) is 0.687. The van der Waals surface area contributed by atoms with E-state index in [1.165, 1.54) is 5.56 Å². The maximum atomic E-state index is 13.6. The zero-order chi connectivity index (χ0) is 23.2. The molecule has 33 heavy (non-hydrogen) atoms. The lowest BCUT2D eigenvalue weighted by Crippen LogP contribution is -2.46. The zero-order valence-electron chi connectivity index (χ0n) is 20.0. The number of nitriles is 1. The molecule has 1 spiro atoms. The summed E-state index contributed by atoms with van der Waals surface area (Å²) in [6.45, 7) is 11.7. The summed E-state index contributed by atoms with van der Waals surface area (Å²) in [6.07, 6.45) is 3.34. The van der Waals surface area contributed by atoms with E-state index < -0.39 is 0 Å². The molecule has 0 unspecified atom stereocenters. The Morgan fingerprint density at radius 2 is 1.85 bits per heavy atom. The minimum absolute atomic E-state index is 0.122. The van der Waals surface area contributed by atoms with Crippen molar-refractivity contribution in [3.63, 3.8) is 0 Å². The average Bonchev–Trinajstić information content (AvgIpc) is 3.34. The predicted octanol–water partition coefficient (Wildman–Crippen LogP) is 4.47. The van der Waals surface area contributed by atoms with Crippen LogP contribution in [0.4, 0.5) is 10.5 Å². The molecule has 172 valence electrons. The number of pyridine rings is 1. The summed E-state index contributed by atoms with van der Waals surface area (Å²) in [6, 6.07) is 14.4. The molecule has 2 amide bonds. The lowest BCUT2D eigenvalue weighted by molar-refractivity contribution is 0.105. The van der Waals surface area contributed by atoms with Crippen LogP contribution in [0.5, 0.6) is 0 Å². The molecule has 2 saturated heterocycles. The molecule has 0 atom stereocenters. The topological polar surface area (TPSA) is 63.5 Å². The molecule has 0 saturated carbocycles. The maximum Gasteiger partial charge on any atom is 0.324 e. The summed E-state index contributed by atoms with van der Waals surface area (Å²) in [5.74, 6) is 0. The molecule has 3 aliphatic heterocycles. The molecule has 1 aromatic carbocycles. The Balaban J connectivity index is 1.22. The van der Waals surface area contributed by atoms with E-state index in [0.29, 0.717) is 6.54 Å². The fourth-order valence-electron chi connectivity index (χ4n) is 5.85. The molecule has 2 fully saturated rings. The number of anilines is 1. The number of likely N-dealkylation sites (tertiary alicyclic amines) is 2. The number of benzene rings is 1. The van der Waals surface area contributed by atoms with E-state index in [9.17, 15) is 4.79 Å². The van der Waals surface area contributed by atoms with Gasteiger partial charge in [-0.05, 0) is 74.5 Å². The maximum absolute atomic E-state index is 13.6. The Kier molecular flexibility index (Phi) is 5.41. The van der Waals surface area contributed by atoms with Crippen LogP contribution in [0.15, 0.2) is 36.4 Å². The van der Waals surface area contributed by atoms with Gasteiger partial charge < -0.3 is 4.90 Å². The Hall–Kier alpha value is -2.91. The van der Waals surface area contributed by atoms with E-state index in [1.54, 1.807) is 0 Å². The fraction of sp³-hybridized carbons (Fsp3) is 0.519. The average molecular weight is 444 g/mol. The van der Waals surface area contributed by atoms with Gasteiger partial charge in [-0.2, -0.15) is 5.26 Å². The molecule has 6 nitrogen and oxygen atoms in total. The largest absolute Gasteiger partial charge is 0.324 e. The van der Waals surface area contributed by atoms with Crippen LogP contribution in [0, 0.1) is 23.7 Å². The van der Waals surface area contributed by atoms with Crippen LogP contribution in [-0.2, 0) is 12.0 Å². The van der Waals surface area contributed by atoms with Crippen LogP contribution in [-0.4, -0.2) is 53.5 Å². The monoisotopic (exact) mass is 443 g/mol. The van der Waals surface area contributed by atoms with Crippen molar-refractivity contribution in [2.75, 3.05) is 37.6 Å². The van der Waals surface area contributed by atoms with Crippen LogP contribution in [0.25, 0.3) is 0 Å². The van der Waals surface area contributed by atoms with Gasteiger partial charge in [0.15, 0.2) is 0 Å². The van der Waals surface area contributed by atoms with E-state index in [2.05, 4.69) is 41.8 Å². The molecule has 0 aliphatic carbocycles. The highest BCUT2D eigenvalue weighted by molar-refractivity contribution is 5.95. The summed E-state index contributed by atoms with van der Waals surface area (Å²) in [7, 11) is 0. The number of carbonyl (C=O) groups is 1. The number of piperidine rings is 1. The number of fused-ring (bicyclic) bond motifs is 1. The second-order valence-electron chi connectivity index (χ2n) is 10.8. The normalized spacial score (nSPS) is 21.3. The smallest absolute Gasteiger partial charge is 0.324 e. The molecule has 4 heterocycles. The van der Waals surface area contributed by atoms with Gasteiger partial charge in [-0.15, -0.1) is 0 Å². The first-order chi connectivity index (χ1) is 15.8. The lowest BCUT2D eigenvalue weighted by Gasteiger charge is -2.39. The third kappa shape index (κ3) is 4.11. The Labute approximate surface area is 196 Å². The first kappa shape index (κ1) is 21.9. The number of aromatic nitrogens is 1. The van der Waals surface area contributed by atoms with Crippen molar-refractivity contribution in [1.29, 1.82) is 5.26 Å². The third-order valence-electron chi connectivity index (χ3n) is 7.82. The van der Waals surface area contributed by atoms with E-state index in [0.717, 1.165) is 74.6 Å². The molecular weight excluding hydrogens is 410 g/mol. The van der Waals surface area contributed by atoms with E-state index >= 15 is 0 Å². The standard InChI is InChI=1S/C27H33N5O/c1-20-7-8-23-24(29-20)26(2,3)18-32(23)25(33)31-14-11-27(19-31)9-12-30(13-10-27)17-22-6-4-5-21(15-22)16-28/h4-8,15H,9-14,17-19H2,1-3H3. The molecule has 5 rings (SSSR count). The van der Waals surface area contributed by atoms with Crippen LogP contribution >= 0.6 is 0 Å². The summed E-state index contributed by atoms with van der Waals surface area (Å²) in [5, 5.41) is 9.15. The molecule has 0 N–H and O–H groups in total. The Morgan fingerprint density at radius 3 is 2.61 bits per heavy atom. The molecule has 2 aromatic rings. The van der Waals surface area contributed by atoms with Gasteiger partial charge in [0.2, 0.25) is 0 Å². The summed E-state index contributed by atoms with van der Waals surface area (Å²) < 4.78 is 0. The van der Waals surface area contributed by atoms with Gasteiger partial charge in [-0.3, -0.25) is 14.8 Å². The van der Waals surface area contributed by atoms with Gasteiger partial charge in [0.25, 0.3) is 0 Å². The zero-order valence-corrected chi connectivity index (χ0v) is 20.0. The number of hydrogen-bond acceptors (Lipinski definition) is 4. The summed E-state index contributed by atoms with van der Waals surface area (Å²) in [4.78, 5) is 24.9. The molecule has 6 heteroatoms. The van der Waals surface area contributed by atoms with Gasteiger partial charge in [0.05, 0.1) is 23.0 Å². The van der Waals surface area contributed by atoms with Crippen LogP contribution in [0.2, 0.25) is 0 Å². The summed E-state index contributed by atoms with van der Waals surface area (Å²) in [5.41, 5.74) is 5.06. The number of carbonyl (C=O) groups excluding carboxylic acids is 1. The van der Waals surface area contributed by atoms with Crippen LogP contribution in [0.1, 0.15) is 55.6 Å². The van der Waals surface area contributed by atoms with Gasteiger partial charge in [0.1, 0.15) is 0 Å². The highest BCUT2D eigenvalue weighted by atomic mass is 16.2. The molecule has 1 aromatic heterocycles. The van der Waals surface area contributed by atoms with Gasteiger partial charge >= 0.3 is 6.03 Å². The minimum atomic E-state index is -0.122. The van der Waals surface area contributed by atoms with Crippen molar-refractivity contribution >= 4 is 11.7 Å². The summed E-state index contributed by atoms with van der Waals surface area (Å²) >= 11 is 0. The molecule has 0 radical (unpaired) electrons. The first-order valence-electron chi connectivity index (χ1n) is 12.0. The lowest BCUT2D eigenvalue weighted by atomic mass is 9.77. The Bertz CT molecular complexity index is 1110. The highest BCUT2D eigenvalue weighted by Gasteiger charge is 2.46. The van der Waals surface area contributed by atoms with Gasteiger partial charge in [0, 0.05) is 37.3 Å². The van der Waals surface area contributed by atoms with Crippen molar-refractivity contribution in [3.05, 3.63) is 58.9 Å². The number of hydrogen-bond donors (Lipinski definition) is 0. The number of rotatable bonds is 2. The Morgan fingerprint density at radius 1 is 1.09 bits per heavy atom. The minimum Gasteiger partial charge on any atom is -0.324 e. The highest BCUT2D eigenvalue weighted by Crippen LogP contribution is 2.43. The number of urea groups is 1. The van der Waals surface area contributed by atoms with Crippen LogP contribution < -0.4 is 4.90 Å². The van der Waals surface area contributed by atoms with Gasteiger partial charge in [-0.25, -0.2) is 4.79 Å².